The van der Waals surface area contributed by atoms with Crippen molar-refractivity contribution in [1.29, 1.82) is 0 Å². The number of carbonyl (C=O) groups is 1. The van der Waals surface area contributed by atoms with Crippen LogP contribution in [-0.2, 0) is 9.47 Å². The highest BCUT2D eigenvalue weighted by molar-refractivity contribution is 5.88. The SMILES string of the molecule is CCOC(=O)c1cnc2n(c1=O)[C@@H]1[C@H](O2)O[C@H](CO)[C@H]1O. The van der Waals surface area contributed by atoms with Gasteiger partial charge in [-0.15, -0.1) is 0 Å². The highest BCUT2D eigenvalue weighted by atomic mass is 16.7. The lowest BCUT2D eigenvalue weighted by molar-refractivity contribution is -0.0912. The topological polar surface area (TPSA) is 120 Å². The molecule has 2 N–H and O–H groups in total. The van der Waals surface area contributed by atoms with Crippen molar-refractivity contribution in [2.24, 2.45) is 0 Å². The Kier molecular flexibility index (Phi) is 3.40. The largest absolute Gasteiger partial charge is 0.462 e. The van der Waals surface area contributed by atoms with Crippen molar-refractivity contribution >= 4 is 5.97 Å². The second-order valence-electron chi connectivity index (χ2n) is 4.67. The van der Waals surface area contributed by atoms with E-state index in [1.807, 2.05) is 0 Å². The molecule has 0 bridgehead atoms. The Morgan fingerprint density at radius 3 is 3.00 bits per heavy atom. The molecule has 2 aliphatic heterocycles. The molecule has 114 valence electrons. The Morgan fingerprint density at radius 1 is 1.57 bits per heavy atom. The van der Waals surface area contributed by atoms with E-state index in [1.165, 1.54) is 0 Å². The van der Waals surface area contributed by atoms with Gasteiger partial charge in [-0.1, -0.05) is 0 Å². The molecule has 21 heavy (non-hydrogen) atoms. The van der Waals surface area contributed by atoms with E-state index < -0.39 is 42.7 Å². The zero-order chi connectivity index (χ0) is 15.1. The van der Waals surface area contributed by atoms with E-state index in [0.29, 0.717) is 0 Å². The summed E-state index contributed by atoms with van der Waals surface area (Å²) in [4.78, 5) is 28.0. The Labute approximate surface area is 118 Å². The third-order valence-corrected chi connectivity index (χ3v) is 3.47. The standard InChI is InChI=1S/C12H14N2O7/c1-2-19-10(18)5-3-13-12-14(9(5)17)7-8(16)6(4-15)20-11(7)21-12/h3,6-8,11,15-16H,2,4H2,1H3/t6-,7+,8-,11+/m1/s1. The third-order valence-electron chi connectivity index (χ3n) is 3.47. The lowest BCUT2D eigenvalue weighted by Gasteiger charge is -2.15. The maximum atomic E-state index is 12.4. The molecular weight excluding hydrogens is 284 g/mol. The van der Waals surface area contributed by atoms with Gasteiger partial charge in [0.05, 0.1) is 19.4 Å². The molecule has 0 radical (unpaired) electrons. The fourth-order valence-electron chi connectivity index (χ4n) is 2.49. The van der Waals surface area contributed by atoms with Gasteiger partial charge in [0.1, 0.15) is 23.8 Å². The smallest absolute Gasteiger partial charge is 0.345 e. The summed E-state index contributed by atoms with van der Waals surface area (Å²) in [6, 6.07) is -0.898. The summed E-state index contributed by atoms with van der Waals surface area (Å²) in [5.41, 5.74) is -0.920. The summed E-state index contributed by atoms with van der Waals surface area (Å²) >= 11 is 0. The number of aliphatic hydroxyl groups excluding tert-OH is 2. The molecule has 3 rings (SSSR count). The summed E-state index contributed by atoms with van der Waals surface area (Å²) in [5, 5.41) is 19.2. The van der Waals surface area contributed by atoms with Gasteiger partial charge in [0.25, 0.3) is 5.56 Å². The predicted octanol–water partition coefficient (Wildman–Crippen LogP) is -1.57. The number of hydrogen-bond acceptors (Lipinski definition) is 8. The summed E-state index contributed by atoms with van der Waals surface area (Å²) < 4.78 is 16.5. The molecule has 0 unspecified atom stereocenters. The molecule has 4 atom stereocenters. The van der Waals surface area contributed by atoms with E-state index in [1.54, 1.807) is 6.92 Å². The van der Waals surface area contributed by atoms with Crippen molar-refractivity contribution in [3.8, 4) is 6.01 Å². The van der Waals surface area contributed by atoms with E-state index in [2.05, 4.69) is 4.98 Å². The minimum atomic E-state index is -1.14. The number of carbonyl (C=O) groups excluding carboxylic acids is 1. The lowest BCUT2D eigenvalue weighted by atomic mass is 10.1. The van der Waals surface area contributed by atoms with Crippen molar-refractivity contribution in [3.63, 3.8) is 0 Å². The van der Waals surface area contributed by atoms with Crippen molar-refractivity contribution in [3.05, 3.63) is 22.1 Å². The molecule has 2 aliphatic rings. The normalized spacial score (nSPS) is 29.7. The Morgan fingerprint density at radius 2 is 2.33 bits per heavy atom. The summed E-state index contributed by atoms with van der Waals surface area (Å²) in [6.45, 7) is 1.34. The van der Waals surface area contributed by atoms with Crippen LogP contribution in [0, 0.1) is 0 Å². The Balaban J connectivity index is 2.02. The molecule has 9 heteroatoms. The zero-order valence-electron chi connectivity index (χ0n) is 11.1. The van der Waals surface area contributed by atoms with Gasteiger partial charge in [-0.25, -0.2) is 14.3 Å². The molecular formula is C12H14N2O7. The first-order valence-corrected chi connectivity index (χ1v) is 6.48. The van der Waals surface area contributed by atoms with Gasteiger partial charge in [0, 0.05) is 0 Å². The molecule has 0 aromatic carbocycles. The van der Waals surface area contributed by atoms with Crippen LogP contribution in [0.2, 0.25) is 0 Å². The van der Waals surface area contributed by atoms with Crippen LogP contribution in [-0.4, -0.2) is 57.4 Å². The lowest BCUT2D eigenvalue weighted by Crippen LogP contribution is -2.36. The van der Waals surface area contributed by atoms with Crippen LogP contribution in [0.5, 0.6) is 6.01 Å². The fraction of sp³-hybridized carbons (Fsp3) is 0.583. The number of esters is 1. The van der Waals surface area contributed by atoms with Gasteiger partial charge >= 0.3 is 12.0 Å². The van der Waals surface area contributed by atoms with Crippen LogP contribution in [0.25, 0.3) is 0 Å². The first kappa shape index (κ1) is 14.0. The van der Waals surface area contributed by atoms with Crippen LogP contribution in [0.4, 0.5) is 0 Å². The maximum absolute atomic E-state index is 12.4. The summed E-state index contributed by atoms with van der Waals surface area (Å²) in [5.74, 6) is -0.791. The van der Waals surface area contributed by atoms with E-state index in [9.17, 15) is 14.7 Å². The molecule has 3 heterocycles. The number of ether oxygens (including phenoxy) is 3. The Bertz CT molecular complexity index is 627. The van der Waals surface area contributed by atoms with Gasteiger partial charge in [0.15, 0.2) is 0 Å². The fourth-order valence-corrected chi connectivity index (χ4v) is 2.49. The van der Waals surface area contributed by atoms with E-state index in [4.69, 9.17) is 19.3 Å². The first-order chi connectivity index (χ1) is 10.1. The molecule has 1 fully saturated rings. The van der Waals surface area contributed by atoms with Crippen molar-refractivity contribution in [1.82, 2.24) is 9.55 Å². The average Bonchev–Trinajstić information content (AvgIpc) is 2.96. The molecule has 1 saturated heterocycles. The summed E-state index contributed by atoms with van der Waals surface area (Å²) in [6.07, 6.45) is -1.84. The molecule has 0 spiro atoms. The number of fused-ring (bicyclic) bond motifs is 3. The van der Waals surface area contributed by atoms with Gasteiger partial charge in [-0.05, 0) is 6.92 Å². The molecule has 1 aromatic rings. The highest BCUT2D eigenvalue weighted by Crippen LogP contribution is 2.38. The third kappa shape index (κ3) is 2.01. The molecule has 0 aliphatic carbocycles. The van der Waals surface area contributed by atoms with E-state index in [-0.39, 0.29) is 18.2 Å². The second kappa shape index (κ2) is 5.10. The molecule has 1 aromatic heterocycles. The molecule has 9 nitrogen and oxygen atoms in total. The monoisotopic (exact) mass is 298 g/mol. The number of hydrogen-bond donors (Lipinski definition) is 2. The molecule has 0 amide bonds. The van der Waals surface area contributed by atoms with Gasteiger partial charge in [-0.2, -0.15) is 0 Å². The van der Waals surface area contributed by atoms with Crippen molar-refractivity contribution in [2.75, 3.05) is 13.2 Å². The quantitative estimate of drug-likeness (QED) is 0.642. The van der Waals surface area contributed by atoms with Crippen LogP contribution >= 0.6 is 0 Å². The summed E-state index contributed by atoms with van der Waals surface area (Å²) in [7, 11) is 0. The van der Waals surface area contributed by atoms with Gasteiger partial charge in [-0.3, -0.25) is 4.79 Å². The minimum Gasteiger partial charge on any atom is -0.462 e. The Hall–Kier alpha value is -1.97. The number of aliphatic hydroxyl groups is 2. The first-order valence-electron chi connectivity index (χ1n) is 6.48. The zero-order valence-corrected chi connectivity index (χ0v) is 11.1. The second-order valence-corrected chi connectivity index (χ2v) is 4.67. The highest BCUT2D eigenvalue weighted by Gasteiger charge is 2.52. The van der Waals surface area contributed by atoms with Gasteiger partial charge in [0.2, 0.25) is 6.29 Å². The number of aromatic nitrogens is 2. The van der Waals surface area contributed by atoms with E-state index >= 15 is 0 Å². The van der Waals surface area contributed by atoms with Crippen LogP contribution < -0.4 is 10.3 Å². The number of nitrogens with zero attached hydrogens (tertiary/aromatic N) is 2. The number of rotatable bonds is 3. The van der Waals surface area contributed by atoms with Crippen LogP contribution in [0.15, 0.2) is 11.0 Å². The maximum Gasteiger partial charge on any atom is 0.345 e. The minimum absolute atomic E-state index is 0.0431. The van der Waals surface area contributed by atoms with Gasteiger partial charge < -0.3 is 24.4 Å². The van der Waals surface area contributed by atoms with Crippen molar-refractivity contribution < 1.29 is 29.2 Å². The van der Waals surface area contributed by atoms with Crippen LogP contribution in [0.3, 0.4) is 0 Å². The van der Waals surface area contributed by atoms with Crippen molar-refractivity contribution in [2.45, 2.75) is 31.5 Å². The van der Waals surface area contributed by atoms with E-state index in [0.717, 1.165) is 10.8 Å². The molecule has 0 saturated carbocycles. The predicted molar refractivity (Wildman–Crippen MR) is 65.9 cm³/mol. The average molecular weight is 298 g/mol. The van der Waals surface area contributed by atoms with Crippen LogP contribution in [0.1, 0.15) is 23.3 Å².